The van der Waals surface area contributed by atoms with Gasteiger partial charge in [-0.1, -0.05) is 30.0 Å². The van der Waals surface area contributed by atoms with Crippen molar-refractivity contribution in [1.82, 2.24) is 19.9 Å². The standard InChI is InChI=1S/C18H18N4OS/c1-13-7-8-19-18(21-13)24-12-17(23)22(2)11-14-9-15-5-3-4-6-16(15)20-10-14/h3-10H,11-12H2,1-2H3. The molecular weight excluding hydrogens is 320 g/mol. The number of rotatable bonds is 5. The molecule has 3 aromatic rings. The van der Waals surface area contributed by atoms with Crippen LogP contribution >= 0.6 is 11.8 Å². The van der Waals surface area contributed by atoms with Crippen LogP contribution in [0, 0.1) is 6.92 Å². The predicted octanol–water partition coefficient (Wildman–Crippen LogP) is 3.08. The van der Waals surface area contributed by atoms with Gasteiger partial charge >= 0.3 is 0 Å². The van der Waals surface area contributed by atoms with E-state index in [1.807, 2.05) is 43.5 Å². The van der Waals surface area contributed by atoms with Crippen molar-refractivity contribution in [2.75, 3.05) is 12.8 Å². The number of carbonyl (C=O) groups excluding carboxylic acids is 1. The minimum absolute atomic E-state index is 0.0401. The predicted molar refractivity (Wildman–Crippen MR) is 95.7 cm³/mol. The van der Waals surface area contributed by atoms with Crippen LogP contribution in [-0.4, -0.2) is 38.6 Å². The molecule has 2 heterocycles. The molecule has 0 atom stereocenters. The van der Waals surface area contributed by atoms with E-state index >= 15 is 0 Å². The highest BCUT2D eigenvalue weighted by atomic mass is 32.2. The molecule has 0 unspecified atom stereocenters. The molecule has 0 fully saturated rings. The van der Waals surface area contributed by atoms with Crippen molar-refractivity contribution < 1.29 is 4.79 Å². The minimum atomic E-state index is 0.0401. The Labute approximate surface area is 145 Å². The van der Waals surface area contributed by atoms with Gasteiger partial charge in [-0.15, -0.1) is 0 Å². The fraction of sp³-hybridized carbons (Fsp3) is 0.222. The average molecular weight is 338 g/mol. The van der Waals surface area contributed by atoms with Gasteiger partial charge in [-0.2, -0.15) is 0 Å². The van der Waals surface area contributed by atoms with E-state index in [4.69, 9.17) is 0 Å². The monoisotopic (exact) mass is 338 g/mol. The lowest BCUT2D eigenvalue weighted by Crippen LogP contribution is -2.27. The summed E-state index contributed by atoms with van der Waals surface area (Å²) in [6.45, 7) is 2.44. The van der Waals surface area contributed by atoms with Gasteiger partial charge in [0.1, 0.15) is 0 Å². The Balaban J connectivity index is 1.60. The highest BCUT2D eigenvalue weighted by Crippen LogP contribution is 2.16. The summed E-state index contributed by atoms with van der Waals surface area (Å²) in [5.74, 6) is 0.360. The van der Waals surface area contributed by atoms with Crippen LogP contribution in [0.5, 0.6) is 0 Å². The molecule has 0 aliphatic heterocycles. The van der Waals surface area contributed by atoms with Crippen LogP contribution in [0.25, 0.3) is 10.9 Å². The lowest BCUT2D eigenvalue weighted by Gasteiger charge is -2.17. The second-order valence-electron chi connectivity index (χ2n) is 5.56. The molecule has 24 heavy (non-hydrogen) atoms. The third kappa shape index (κ3) is 4.08. The molecule has 0 saturated heterocycles. The van der Waals surface area contributed by atoms with Gasteiger partial charge in [0.25, 0.3) is 0 Å². The summed E-state index contributed by atoms with van der Waals surface area (Å²) in [6.07, 6.45) is 3.53. The van der Waals surface area contributed by atoms with E-state index in [2.05, 4.69) is 21.0 Å². The largest absolute Gasteiger partial charge is 0.341 e. The maximum atomic E-state index is 12.3. The van der Waals surface area contributed by atoms with E-state index in [9.17, 15) is 4.79 Å². The van der Waals surface area contributed by atoms with Crippen molar-refractivity contribution in [3.63, 3.8) is 0 Å². The number of pyridine rings is 1. The highest BCUT2D eigenvalue weighted by Gasteiger charge is 2.11. The van der Waals surface area contributed by atoms with Gasteiger partial charge in [-0.25, -0.2) is 9.97 Å². The Bertz CT molecular complexity index is 868. The zero-order valence-electron chi connectivity index (χ0n) is 13.6. The summed E-state index contributed by atoms with van der Waals surface area (Å²) < 4.78 is 0. The molecule has 0 spiro atoms. The maximum Gasteiger partial charge on any atom is 0.233 e. The molecule has 122 valence electrons. The molecule has 6 heteroatoms. The molecule has 3 rings (SSSR count). The van der Waals surface area contributed by atoms with Gasteiger partial charge in [-0.3, -0.25) is 9.78 Å². The second-order valence-corrected chi connectivity index (χ2v) is 6.50. The number of thioether (sulfide) groups is 1. The second kappa shape index (κ2) is 7.40. The highest BCUT2D eigenvalue weighted by molar-refractivity contribution is 7.99. The summed E-state index contributed by atoms with van der Waals surface area (Å²) in [6, 6.07) is 11.9. The number of fused-ring (bicyclic) bond motifs is 1. The summed E-state index contributed by atoms with van der Waals surface area (Å²) in [5.41, 5.74) is 2.87. The van der Waals surface area contributed by atoms with Gasteiger partial charge in [-0.05, 0) is 30.7 Å². The third-order valence-corrected chi connectivity index (χ3v) is 4.44. The van der Waals surface area contributed by atoms with Crippen LogP contribution < -0.4 is 0 Å². The van der Waals surface area contributed by atoms with Crippen LogP contribution in [0.3, 0.4) is 0 Å². The summed E-state index contributed by atoms with van der Waals surface area (Å²) >= 11 is 1.36. The smallest absolute Gasteiger partial charge is 0.233 e. The van der Waals surface area contributed by atoms with E-state index in [-0.39, 0.29) is 5.91 Å². The van der Waals surface area contributed by atoms with Gasteiger partial charge in [0.2, 0.25) is 5.91 Å². The molecule has 1 amide bonds. The first-order valence-corrected chi connectivity index (χ1v) is 8.60. The number of carbonyl (C=O) groups is 1. The van der Waals surface area contributed by atoms with E-state index in [1.54, 1.807) is 18.1 Å². The SMILES string of the molecule is Cc1ccnc(SCC(=O)N(C)Cc2cnc3ccccc3c2)n1. The topological polar surface area (TPSA) is 59.0 Å². The lowest BCUT2D eigenvalue weighted by molar-refractivity contribution is -0.127. The number of benzene rings is 1. The maximum absolute atomic E-state index is 12.3. The Morgan fingerprint density at radius 1 is 1.21 bits per heavy atom. The van der Waals surface area contributed by atoms with Gasteiger partial charge in [0.15, 0.2) is 5.16 Å². The van der Waals surface area contributed by atoms with Gasteiger partial charge in [0.05, 0.1) is 11.3 Å². The van der Waals surface area contributed by atoms with Crippen molar-refractivity contribution in [1.29, 1.82) is 0 Å². The van der Waals surface area contributed by atoms with Crippen LogP contribution in [-0.2, 0) is 11.3 Å². The van der Waals surface area contributed by atoms with Crippen molar-refractivity contribution in [3.8, 4) is 0 Å². The molecule has 0 saturated carbocycles. The number of hydrogen-bond acceptors (Lipinski definition) is 5. The number of nitrogens with zero attached hydrogens (tertiary/aromatic N) is 4. The zero-order chi connectivity index (χ0) is 16.9. The van der Waals surface area contributed by atoms with E-state index in [0.717, 1.165) is 22.2 Å². The first-order chi connectivity index (χ1) is 11.6. The van der Waals surface area contributed by atoms with Crippen molar-refractivity contribution >= 4 is 28.6 Å². The number of aromatic nitrogens is 3. The number of para-hydroxylation sites is 1. The van der Waals surface area contributed by atoms with E-state index in [0.29, 0.717) is 17.5 Å². The number of amides is 1. The molecule has 0 bridgehead atoms. The molecular formula is C18H18N4OS. The van der Waals surface area contributed by atoms with Crippen molar-refractivity contribution in [2.45, 2.75) is 18.6 Å². The first kappa shape index (κ1) is 16.4. The quantitative estimate of drug-likeness (QED) is 0.528. The Kier molecular flexibility index (Phi) is 5.05. The Hall–Kier alpha value is -2.47. The molecule has 0 N–H and O–H groups in total. The van der Waals surface area contributed by atoms with Crippen molar-refractivity contribution in [2.24, 2.45) is 0 Å². The number of hydrogen-bond donors (Lipinski definition) is 0. The van der Waals surface area contributed by atoms with Crippen LogP contribution in [0.2, 0.25) is 0 Å². The molecule has 5 nitrogen and oxygen atoms in total. The minimum Gasteiger partial charge on any atom is -0.341 e. The first-order valence-electron chi connectivity index (χ1n) is 7.62. The van der Waals surface area contributed by atoms with Crippen LogP contribution in [0.1, 0.15) is 11.3 Å². The van der Waals surface area contributed by atoms with E-state index in [1.165, 1.54) is 11.8 Å². The Morgan fingerprint density at radius 3 is 2.88 bits per heavy atom. The molecule has 0 aliphatic rings. The van der Waals surface area contributed by atoms with Crippen LogP contribution in [0.15, 0.2) is 53.9 Å². The fourth-order valence-electron chi connectivity index (χ4n) is 2.30. The molecule has 1 aromatic carbocycles. The molecule has 2 aromatic heterocycles. The molecule has 0 radical (unpaired) electrons. The average Bonchev–Trinajstić information content (AvgIpc) is 2.59. The van der Waals surface area contributed by atoms with Gasteiger partial charge in [0, 0.05) is 37.1 Å². The van der Waals surface area contributed by atoms with Crippen LogP contribution in [0.4, 0.5) is 0 Å². The number of aryl methyl sites for hydroxylation is 1. The summed E-state index contributed by atoms with van der Waals surface area (Å²) in [4.78, 5) is 26.9. The molecule has 0 aliphatic carbocycles. The summed E-state index contributed by atoms with van der Waals surface area (Å²) in [7, 11) is 1.80. The third-order valence-electron chi connectivity index (χ3n) is 3.59. The Morgan fingerprint density at radius 2 is 2.04 bits per heavy atom. The normalized spacial score (nSPS) is 10.8. The fourth-order valence-corrected chi connectivity index (χ4v) is 3.11. The van der Waals surface area contributed by atoms with E-state index < -0.39 is 0 Å². The lowest BCUT2D eigenvalue weighted by atomic mass is 10.1. The van der Waals surface area contributed by atoms with Crippen molar-refractivity contribution in [3.05, 3.63) is 60.0 Å². The van der Waals surface area contributed by atoms with Gasteiger partial charge < -0.3 is 4.90 Å². The zero-order valence-corrected chi connectivity index (χ0v) is 14.5. The summed E-state index contributed by atoms with van der Waals surface area (Å²) in [5, 5.41) is 1.71.